The molecule has 2 N–H and O–H groups in total. The number of nitrogens with one attached hydrogen (secondary N) is 1. The molecule has 1 rings (SSSR count). The number of carboxylic acid groups (broad SMARTS) is 1. The normalized spacial score (nSPS) is 20.1. The average Bonchev–Trinajstić information content (AvgIpc) is 2.68. The summed E-state index contributed by atoms with van der Waals surface area (Å²) >= 11 is 0. The fourth-order valence-electron chi connectivity index (χ4n) is 2.16. The maximum atomic E-state index is 11.9. The topological polar surface area (TPSA) is 72.9 Å². The van der Waals surface area contributed by atoms with Crippen LogP contribution in [0.25, 0.3) is 0 Å². The van der Waals surface area contributed by atoms with Gasteiger partial charge < -0.3 is 20.2 Å². The van der Waals surface area contributed by atoms with Crippen LogP contribution in [0, 0.1) is 5.92 Å². The summed E-state index contributed by atoms with van der Waals surface area (Å²) in [5, 5.41) is 11.6. The minimum atomic E-state index is -0.987. The zero-order valence-electron chi connectivity index (χ0n) is 11.3. The molecule has 0 saturated carbocycles. The third kappa shape index (κ3) is 4.52. The fourth-order valence-corrected chi connectivity index (χ4v) is 2.16. The second-order valence-corrected chi connectivity index (χ2v) is 5.22. The first kappa shape index (κ1) is 14.8. The van der Waals surface area contributed by atoms with Crippen molar-refractivity contribution in [1.29, 1.82) is 0 Å². The summed E-state index contributed by atoms with van der Waals surface area (Å²) in [7, 11) is 2.06. The van der Waals surface area contributed by atoms with Crippen LogP contribution in [0.5, 0.6) is 0 Å². The second-order valence-electron chi connectivity index (χ2n) is 5.22. The van der Waals surface area contributed by atoms with Crippen LogP contribution in [-0.4, -0.2) is 66.2 Å². The van der Waals surface area contributed by atoms with Crippen LogP contribution in [0.15, 0.2) is 0 Å². The maximum Gasteiger partial charge on any atom is 0.323 e. The van der Waals surface area contributed by atoms with Crippen LogP contribution in [0.2, 0.25) is 0 Å². The van der Waals surface area contributed by atoms with Crippen LogP contribution in [-0.2, 0) is 4.79 Å². The molecule has 1 fully saturated rings. The van der Waals surface area contributed by atoms with Crippen molar-refractivity contribution in [2.45, 2.75) is 26.3 Å². The van der Waals surface area contributed by atoms with E-state index >= 15 is 0 Å². The Morgan fingerprint density at radius 1 is 1.50 bits per heavy atom. The Morgan fingerprint density at radius 2 is 2.17 bits per heavy atom. The van der Waals surface area contributed by atoms with Crippen molar-refractivity contribution >= 4 is 12.0 Å². The predicted octanol–water partition coefficient (Wildman–Crippen LogP) is 0.443. The molecule has 1 unspecified atom stereocenters. The van der Waals surface area contributed by atoms with Crippen LogP contribution >= 0.6 is 0 Å². The van der Waals surface area contributed by atoms with Crippen molar-refractivity contribution in [3.05, 3.63) is 0 Å². The highest BCUT2D eigenvalue weighted by atomic mass is 16.4. The van der Waals surface area contributed by atoms with Gasteiger partial charge in [0, 0.05) is 19.1 Å². The third-order valence-corrected chi connectivity index (χ3v) is 3.22. The van der Waals surface area contributed by atoms with E-state index in [0.29, 0.717) is 12.5 Å². The highest BCUT2D eigenvalue weighted by molar-refractivity contribution is 5.80. The number of aliphatic carboxylic acids is 1. The third-order valence-electron chi connectivity index (χ3n) is 3.22. The molecule has 0 aromatic rings. The van der Waals surface area contributed by atoms with E-state index in [4.69, 9.17) is 5.11 Å². The van der Waals surface area contributed by atoms with Crippen molar-refractivity contribution in [2.75, 3.05) is 33.2 Å². The fraction of sp³-hybridized carbons (Fsp3) is 0.833. The quantitative estimate of drug-likeness (QED) is 0.749. The molecular weight excluding hydrogens is 234 g/mol. The van der Waals surface area contributed by atoms with Gasteiger partial charge in [-0.05, 0) is 39.8 Å². The largest absolute Gasteiger partial charge is 0.480 e. The van der Waals surface area contributed by atoms with Crippen molar-refractivity contribution < 1.29 is 14.7 Å². The number of carbonyl (C=O) groups is 2. The Kier molecular flexibility index (Phi) is 5.40. The van der Waals surface area contributed by atoms with Crippen LogP contribution in [0.3, 0.4) is 0 Å². The van der Waals surface area contributed by atoms with E-state index in [1.165, 1.54) is 4.90 Å². The molecule has 6 heteroatoms. The molecule has 104 valence electrons. The lowest BCUT2D eigenvalue weighted by Crippen LogP contribution is -2.47. The first-order chi connectivity index (χ1) is 8.40. The standard InChI is InChI=1S/C12H23N3O3/c1-9(2)15(8-11(16)17)12(18)13-6-10-4-5-14(3)7-10/h9-10H,4-8H2,1-3H3,(H,13,18)(H,16,17). The summed E-state index contributed by atoms with van der Waals surface area (Å²) in [6.45, 7) is 6.03. The predicted molar refractivity (Wildman–Crippen MR) is 68.5 cm³/mol. The summed E-state index contributed by atoms with van der Waals surface area (Å²) in [6.07, 6.45) is 1.08. The molecule has 0 aromatic heterocycles. The Hall–Kier alpha value is -1.30. The Morgan fingerprint density at radius 3 is 2.61 bits per heavy atom. The number of carbonyl (C=O) groups excluding carboxylic acids is 1. The Balaban J connectivity index is 2.39. The van der Waals surface area contributed by atoms with Gasteiger partial charge in [-0.2, -0.15) is 0 Å². The minimum absolute atomic E-state index is 0.118. The van der Waals surface area contributed by atoms with Crippen molar-refractivity contribution in [1.82, 2.24) is 15.1 Å². The summed E-state index contributed by atoms with van der Waals surface area (Å²) in [4.78, 5) is 26.2. The van der Waals surface area contributed by atoms with Gasteiger partial charge in [-0.1, -0.05) is 0 Å². The molecule has 2 amide bonds. The van der Waals surface area contributed by atoms with E-state index in [0.717, 1.165) is 19.5 Å². The average molecular weight is 257 g/mol. The number of likely N-dealkylation sites (tertiary alicyclic amines) is 1. The highest BCUT2D eigenvalue weighted by Gasteiger charge is 2.23. The summed E-state index contributed by atoms with van der Waals surface area (Å²) < 4.78 is 0. The molecule has 1 aliphatic heterocycles. The number of carboxylic acids is 1. The number of hydrogen-bond acceptors (Lipinski definition) is 3. The molecule has 1 aliphatic rings. The van der Waals surface area contributed by atoms with Gasteiger partial charge in [0.1, 0.15) is 6.54 Å². The molecule has 6 nitrogen and oxygen atoms in total. The lowest BCUT2D eigenvalue weighted by atomic mass is 10.1. The molecule has 1 atom stereocenters. The second kappa shape index (κ2) is 6.58. The lowest BCUT2D eigenvalue weighted by molar-refractivity contribution is -0.138. The molecular formula is C12H23N3O3. The Bertz CT molecular complexity index is 307. The van der Waals surface area contributed by atoms with Crippen molar-refractivity contribution in [2.24, 2.45) is 5.92 Å². The van der Waals surface area contributed by atoms with Crippen molar-refractivity contribution in [3.63, 3.8) is 0 Å². The first-order valence-electron chi connectivity index (χ1n) is 6.35. The van der Waals surface area contributed by atoms with Gasteiger partial charge >= 0.3 is 12.0 Å². The zero-order valence-corrected chi connectivity index (χ0v) is 11.3. The number of rotatable bonds is 5. The van der Waals surface area contributed by atoms with Crippen LogP contribution in [0.4, 0.5) is 4.79 Å². The Labute approximate surface area is 108 Å². The first-order valence-corrected chi connectivity index (χ1v) is 6.35. The van der Waals surface area contributed by atoms with E-state index in [-0.39, 0.29) is 18.6 Å². The number of nitrogens with zero attached hydrogens (tertiary/aromatic N) is 2. The van der Waals surface area contributed by atoms with Gasteiger partial charge in [0.25, 0.3) is 0 Å². The molecule has 1 saturated heterocycles. The number of urea groups is 1. The maximum absolute atomic E-state index is 11.9. The monoisotopic (exact) mass is 257 g/mol. The lowest BCUT2D eigenvalue weighted by Gasteiger charge is -2.25. The van der Waals surface area contributed by atoms with E-state index in [1.54, 1.807) is 0 Å². The van der Waals surface area contributed by atoms with Gasteiger partial charge in [-0.25, -0.2) is 4.79 Å². The van der Waals surface area contributed by atoms with Gasteiger partial charge in [-0.3, -0.25) is 4.79 Å². The van der Waals surface area contributed by atoms with Crippen molar-refractivity contribution in [3.8, 4) is 0 Å². The number of amides is 2. The van der Waals surface area contributed by atoms with E-state index in [2.05, 4.69) is 17.3 Å². The van der Waals surface area contributed by atoms with Gasteiger partial charge in [-0.15, -0.1) is 0 Å². The van der Waals surface area contributed by atoms with Crippen LogP contribution < -0.4 is 5.32 Å². The van der Waals surface area contributed by atoms with E-state index in [9.17, 15) is 9.59 Å². The zero-order chi connectivity index (χ0) is 13.7. The van der Waals surface area contributed by atoms with Gasteiger partial charge in [0.05, 0.1) is 0 Å². The molecule has 1 heterocycles. The van der Waals surface area contributed by atoms with E-state index < -0.39 is 5.97 Å². The smallest absolute Gasteiger partial charge is 0.323 e. The highest BCUT2D eigenvalue weighted by Crippen LogP contribution is 2.13. The van der Waals surface area contributed by atoms with Gasteiger partial charge in [0.2, 0.25) is 0 Å². The molecule has 0 aromatic carbocycles. The summed E-state index contributed by atoms with van der Waals surface area (Å²) in [5.41, 5.74) is 0. The van der Waals surface area contributed by atoms with E-state index in [1.807, 2.05) is 13.8 Å². The van der Waals surface area contributed by atoms with Gasteiger partial charge in [0.15, 0.2) is 0 Å². The molecule has 0 aliphatic carbocycles. The molecule has 18 heavy (non-hydrogen) atoms. The van der Waals surface area contributed by atoms with Crippen LogP contribution in [0.1, 0.15) is 20.3 Å². The summed E-state index contributed by atoms with van der Waals surface area (Å²) in [6, 6.07) is -0.408. The SMILES string of the molecule is CC(C)N(CC(=O)O)C(=O)NCC1CCN(C)C1. The summed E-state index contributed by atoms with van der Waals surface area (Å²) in [5.74, 6) is -0.516. The number of hydrogen-bond donors (Lipinski definition) is 2. The molecule has 0 radical (unpaired) electrons. The minimum Gasteiger partial charge on any atom is -0.480 e. The molecule has 0 spiro atoms. The molecule has 0 bridgehead atoms.